The summed E-state index contributed by atoms with van der Waals surface area (Å²) >= 11 is 0. The van der Waals surface area contributed by atoms with Crippen molar-refractivity contribution in [1.82, 2.24) is 15.1 Å². The topological polar surface area (TPSA) is 103 Å². The Bertz CT molecular complexity index is 1250. The van der Waals surface area contributed by atoms with Crippen molar-refractivity contribution >= 4 is 11.9 Å². The Morgan fingerprint density at radius 1 is 1.05 bits per heavy atom. The second-order valence-electron chi connectivity index (χ2n) is 10.7. The first-order valence-electron chi connectivity index (χ1n) is 13.8. The van der Waals surface area contributed by atoms with Gasteiger partial charge in [-0.1, -0.05) is 69.5 Å². The van der Waals surface area contributed by atoms with Crippen LogP contribution in [0.4, 0.5) is 0 Å². The molecule has 1 fully saturated rings. The Balaban J connectivity index is 1.72. The third-order valence-corrected chi connectivity index (χ3v) is 7.10. The van der Waals surface area contributed by atoms with Crippen molar-refractivity contribution in [2.45, 2.75) is 77.5 Å². The van der Waals surface area contributed by atoms with Gasteiger partial charge in [0.05, 0.1) is 30.8 Å². The Morgan fingerprint density at radius 2 is 1.77 bits per heavy atom. The van der Waals surface area contributed by atoms with Crippen LogP contribution in [0.1, 0.15) is 80.9 Å². The van der Waals surface area contributed by atoms with E-state index < -0.39 is 12.0 Å². The minimum absolute atomic E-state index is 0.135. The van der Waals surface area contributed by atoms with Crippen molar-refractivity contribution in [2.75, 3.05) is 7.11 Å². The maximum Gasteiger partial charge on any atom is 0.305 e. The molecule has 1 aliphatic rings. The molecule has 3 aromatic rings. The maximum atomic E-state index is 13.4. The van der Waals surface area contributed by atoms with E-state index in [1.807, 2.05) is 67.1 Å². The number of benzene rings is 2. The molecule has 1 amide bonds. The minimum atomic E-state index is -0.941. The fourth-order valence-electron chi connectivity index (χ4n) is 5.32. The zero-order valence-electron chi connectivity index (χ0n) is 23.1. The number of aromatic nitrogens is 2. The highest BCUT2D eigenvalue weighted by atomic mass is 16.5. The van der Waals surface area contributed by atoms with Crippen LogP contribution in [-0.2, 0) is 11.4 Å². The number of ether oxygens (including phenoxy) is 2. The van der Waals surface area contributed by atoms with E-state index in [0.717, 1.165) is 42.5 Å². The van der Waals surface area contributed by atoms with Crippen LogP contribution < -0.4 is 14.8 Å². The predicted molar refractivity (Wildman–Crippen MR) is 150 cm³/mol. The van der Waals surface area contributed by atoms with E-state index in [-0.39, 0.29) is 30.0 Å². The monoisotopic (exact) mass is 533 g/mol. The summed E-state index contributed by atoms with van der Waals surface area (Å²) in [6.45, 7) is 4.41. The van der Waals surface area contributed by atoms with Crippen LogP contribution in [0.2, 0.25) is 0 Å². The average molecular weight is 534 g/mol. The molecular weight excluding hydrogens is 494 g/mol. The molecule has 4 rings (SSSR count). The molecule has 39 heavy (non-hydrogen) atoms. The number of hydrogen-bond acceptors (Lipinski definition) is 5. The van der Waals surface area contributed by atoms with E-state index in [1.165, 1.54) is 6.42 Å². The van der Waals surface area contributed by atoms with Gasteiger partial charge in [0.15, 0.2) is 5.69 Å². The standard InChI is InChI=1S/C31H39N3O5/c1-21(2)17-23(18-29(35)36)32-31(37)25-19-26(34(33-25)24-13-8-5-9-14-24)30-27(38-3)15-10-16-28(30)39-20-22-11-6-4-7-12-22/h4,6-7,10-12,15-16,19,21,23-24H,5,8-9,13-14,17-18,20H2,1-3H3,(H,32,37)(H,35,36). The second-order valence-corrected chi connectivity index (χ2v) is 10.7. The normalized spacial score (nSPS) is 14.7. The molecule has 0 bridgehead atoms. The van der Waals surface area contributed by atoms with Crippen molar-refractivity contribution in [3.8, 4) is 22.8 Å². The molecule has 1 aliphatic carbocycles. The number of carbonyl (C=O) groups excluding carboxylic acids is 1. The van der Waals surface area contributed by atoms with Crippen LogP contribution in [0, 0.1) is 5.92 Å². The fraction of sp³-hybridized carbons (Fsp3) is 0.452. The Labute approximate surface area is 230 Å². The van der Waals surface area contributed by atoms with Gasteiger partial charge in [-0.2, -0.15) is 5.10 Å². The molecular formula is C31H39N3O5. The predicted octanol–water partition coefficient (Wildman–Crippen LogP) is 6.26. The molecule has 1 aromatic heterocycles. The van der Waals surface area contributed by atoms with Gasteiger partial charge >= 0.3 is 5.97 Å². The quantitative estimate of drug-likeness (QED) is 0.285. The number of methoxy groups -OCH3 is 1. The van der Waals surface area contributed by atoms with Crippen LogP contribution in [0.25, 0.3) is 11.3 Å². The number of carboxylic acid groups (broad SMARTS) is 1. The smallest absolute Gasteiger partial charge is 0.305 e. The minimum Gasteiger partial charge on any atom is -0.496 e. The first-order valence-corrected chi connectivity index (χ1v) is 13.8. The van der Waals surface area contributed by atoms with Crippen molar-refractivity contribution < 1.29 is 24.2 Å². The number of amides is 1. The van der Waals surface area contributed by atoms with Crippen molar-refractivity contribution in [2.24, 2.45) is 5.92 Å². The number of nitrogens with one attached hydrogen (secondary N) is 1. The molecule has 8 nitrogen and oxygen atoms in total. The number of rotatable bonds is 12. The van der Waals surface area contributed by atoms with Gasteiger partial charge in [0.1, 0.15) is 18.1 Å². The zero-order chi connectivity index (χ0) is 27.8. The van der Waals surface area contributed by atoms with Gasteiger partial charge in [-0.3, -0.25) is 14.3 Å². The number of hydrogen-bond donors (Lipinski definition) is 2. The Hall–Kier alpha value is -3.81. The number of nitrogens with zero attached hydrogens (tertiary/aromatic N) is 2. The van der Waals surface area contributed by atoms with Crippen molar-refractivity contribution in [1.29, 1.82) is 0 Å². The SMILES string of the molecule is COc1cccc(OCc2ccccc2)c1-c1cc(C(=O)NC(CC(=O)O)CC(C)C)nn1C1CCCCC1. The Morgan fingerprint density at radius 3 is 2.44 bits per heavy atom. The second kappa shape index (κ2) is 13.3. The molecule has 0 spiro atoms. The van der Waals surface area contributed by atoms with E-state index in [1.54, 1.807) is 13.2 Å². The molecule has 8 heteroatoms. The molecule has 1 saturated carbocycles. The van der Waals surface area contributed by atoms with Crippen molar-refractivity contribution in [3.63, 3.8) is 0 Å². The van der Waals surface area contributed by atoms with Gasteiger partial charge in [0.2, 0.25) is 0 Å². The van der Waals surface area contributed by atoms with Gasteiger partial charge in [0.25, 0.3) is 5.91 Å². The fourth-order valence-corrected chi connectivity index (χ4v) is 5.32. The molecule has 0 aliphatic heterocycles. The Kier molecular flexibility index (Phi) is 9.63. The van der Waals surface area contributed by atoms with Gasteiger partial charge in [0, 0.05) is 6.04 Å². The molecule has 1 heterocycles. The molecule has 1 atom stereocenters. The van der Waals surface area contributed by atoms with E-state index in [0.29, 0.717) is 24.5 Å². The van der Waals surface area contributed by atoms with Crippen LogP contribution in [-0.4, -0.2) is 39.9 Å². The molecule has 0 saturated heterocycles. The summed E-state index contributed by atoms with van der Waals surface area (Å²) in [7, 11) is 1.62. The molecule has 1 unspecified atom stereocenters. The maximum absolute atomic E-state index is 13.4. The first kappa shape index (κ1) is 28.2. The summed E-state index contributed by atoms with van der Waals surface area (Å²) in [5.74, 6) is 0.199. The molecule has 2 N–H and O–H groups in total. The molecule has 2 aromatic carbocycles. The lowest BCUT2D eigenvalue weighted by Gasteiger charge is -2.25. The lowest BCUT2D eigenvalue weighted by atomic mass is 9.95. The number of aliphatic carboxylic acids is 1. The molecule has 208 valence electrons. The first-order chi connectivity index (χ1) is 18.9. The zero-order valence-corrected chi connectivity index (χ0v) is 23.1. The highest BCUT2D eigenvalue weighted by molar-refractivity contribution is 5.94. The van der Waals surface area contributed by atoms with E-state index in [9.17, 15) is 14.7 Å². The lowest BCUT2D eigenvalue weighted by molar-refractivity contribution is -0.137. The van der Waals surface area contributed by atoms with E-state index in [4.69, 9.17) is 14.6 Å². The van der Waals surface area contributed by atoms with E-state index in [2.05, 4.69) is 5.32 Å². The van der Waals surface area contributed by atoms with Crippen LogP contribution in [0.3, 0.4) is 0 Å². The molecule has 0 radical (unpaired) electrons. The summed E-state index contributed by atoms with van der Waals surface area (Å²) in [6.07, 6.45) is 5.77. The van der Waals surface area contributed by atoms with Crippen LogP contribution in [0.15, 0.2) is 54.6 Å². The van der Waals surface area contributed by atoms with E-state index >= 15 is 0 Å². The number of carbonyl (C=O) groups is 2. The summed E-state index contributed by atoms with van der Waals surface area (Å²) in [4.78, 5) is 24.8. The van der Waals surface area contributed by atoms with Gasteiger partial charge in [-0.25, -0.2) is 0 Å². The summed E-state index contributed by atoms with van der Waals surface area (Å²) in [5, 5.41) is 17.1. The summed E-state index contributed by atoms with van der Waals surface area (Å²) in [5.41, 5.74) is 2.81. The van der Waals surface area contributed by atoms with Crippen LogP contribution in [0.5, 0.6) is 11.5 Å². The lowest BCUT2D eigenvalue weighted by Crippen LogP contribution is -2.37. The highest BCUT2D eigenvalue weighted by Gasteiger charge is 2.28. The summed E-state index contributed by atoms with van der Waals surface area (Å²) < 4.78 is 14.0. The average Bonchev–Trinajstić information content (AvgIpc) is 3.37. The number of carboxylic acids is 1. The van der Waals surface area contributed by atoms with Gasteiger partial charge in [-0.15, -0.1) is 0 Å². The van der Waals surface area contributed by atoms with Crippen molar-refractivity contribution in [3.05, 3.63) is 65.9 Å². The highest BCUT2D eigenvalue weighted by Crippen LogP contribution is 2.42. The largest absolute Gasteiger partial charge is 0.496 e. The van der Waals surface area contributed by atoms with Gasteiger partial charge in [-0.05, 0) is 48.9 Å². The third-order valence-electron chi connectivity index (χ3n) is 7.10. The third kappa shape index (κ3) is 7.40. The van der Waals surface area contributed by atoms with Gasteiger partial charge < -0.3 is 19.9 Å². The van der Waals surface area contributed by atoms with Crippen LogP contribution >= 0.6 is 0 Å². The summed E-state index contributed by atoms with van der Waals surface area (Å²) in [6, 6.07) is 17.1.